The molecule has 0 bridgehead atoms. The molecule has 1 fully saturated rings. The smallest absolute Gasteiger partial charge is 0.224 e. The third-order valence-corrected chi connectivity index (χ3v) is 4.96. The van der Waals surface area contributed by atoms with Crippen LogP contribution in [0.3, 0.4) is 0 Å². The summed E-state index contributed by atoms with van der Waals surface area (Å²) in [5, 5.41) is 11.6. The van der Waals surface area contributed by atoms with Gasteiger partial charge in [-0.25, -0.2) is 9.97 Å². The van der Waals surface area contributed by atoms with E-state index in [-0.39, 0.29) is 6.10 Å². The predicted molar refractivity (Wildman–Crippen MR) is 108 cm³/mol. The summed E-state index contributed by atoms with van der Waals surface area (Å²) in [5.74, 6) is 1.46. The molecule has 0 aliphatic carbocycles. The zero-order valence-electron chi connectivity index (χ0n) is 16.2. The number of aliphatic hydroxyl groups is 1. The number of piperidine rings is 1. The van der Waals surface area contributed by atoms with E-state index < -0.39 is 6.10 Å². The molecule has 0 unspecified atom stereocenters. The normalized spacial score (nSPS) is 20.2. The van der Waals surface area contributed by atoms with Crippen molar-refractivity contribution in [2.75, 3.05) is 32.1 Å². The fraction of sp³-hybridized carbons (Fsp3) is 0.381. The highest BCUT2D eigenvalue weighted by Gasteiger charge is 2.29. The molecule has 1 saturated heterocycles. The molecule has 1 aliphatic heterocycles. The van der Waals surface area contributed by atoms with E-state index in [2.05, 4.69) is 19.9 Å². The van der Waals surface area contributed by atoms with Crippen molar-refractivity contribution in [2.45, 2.75) is 25.2 Å². The Morgan fingerprint density at radius 3 is 2.75 bits per heavy atom. The fourth-order valence-electron chi connectivity index (χ4n) is 3.48. The van der Waals surface area contributed by atoms with Gasteiger partial charge in [0.25, 0.3) is 0 Å². The van der Waals surface area contributed by atoms with Crippen molar-refractivity contribution in [3.8, 4) is 5.75 Å². The molecular weight excluding hydrogens is 354 g/mol. The van der Waals surface area contributed by atoms with Gasteiger partial charge in [-0.1, -0.05) is 6.07 Å². The van der Waals surface area contributed by atoms with Crippen LogP contribution in [-0.2, 0) is 6.54 Å². The Bertz CT molecular complexity index is 931. The van der Waals surface area contributed by atoms with Gasteiger partial charge < -0.3 is 14.7 Å². The number of likely N-dealkylation sites (tertiary alicyclic amines) is 1. The molecule has 2 aromatic heterocycles. The number of fused-ring (bicyclic) bond motifs is 1. The topological polar surface area (TPSA) is 74.6 Å². The van der Waals surface area contributed by atoms with E-state index in [1.54, 1.807) is 6.20 Å². The number of aliphatic hydroxyl groups excluding tert-OH is 1. The van der Waals surface area contributed by atoms with Gasteiger partial charge in [0.2, 0.25) is 5.95 Å². The molecule has 3 aromatic rings. The van der Waals surface area contributed by atoms with Crippen molar-refractivity contribution in [1.82, 2.24) is 19.9 Å². The summed E-state index contributed by atoms with van der Waals surface area (Å²) < 4.78 is 6.08. The molecule has 2 atom stereocenters. The van der Waals surface area contributed by atoms with Crippen LogP contribution in [0.15, 0.2) is 48.9 Å². The maximum absolute atomic E-state index is 10.6. The number of benzene rings is 1. The molecule has 1 N–H and O–H groups in total. The highest BCUT2D eigenvalue weighted by atomic mass is 16.5. The number of ether oxygens (including phenoxy) is 1. The SMILES string of the molecule is CN(C)c1ncc(CN2CC[C@@H](Oc3ccc4ncccc4c3)[C@H](O)C2)cn1. The number of hydrogen-bond acceptors (Lipinski definition) is 7. The Labute approximate surface area is 164 Å². The second-order valence-electron chi connectivity index (χ2n) is 7.39. The lowest BCUT2D eigenvalue weighted by atomic mass is 10.0. The van der Waals surface area contributed by atoms with Gasteiger partial charge >= 0.3 is 0 Å². The van der Waals surface area contributed by atoms with Crippen LogP contribution >= 0.6 is 0 Å². The molecule has 3 heterocycles. The van der Waals surface area contributed by atoms with Crippen LogP contribution in [0.4, 0.5) is 5.95 Å². The number of hydrogen-bond donors (Lipinski definition) is 1. The van der Waals surface area contributed by atoms with Gasteiger partial charge in [-0.2, -0.15) is 0 Å². The molecule has 0 saturated carbocycles. The Morgan fingerprint density at radius 1 is 1.18 bits per heavy atom. The molecule has 0 spiro atoms. The van der Waals surface area contributed by atoms with Crippen LogP contribution in [0.5, 0.6) is 5.75 Å². The highest BCUT2D eigenvalue weighted by molar-refractivity contribution is 5.79. The van der Waals surface area contributed by atoms with Crippen molar-refractivity contribution in [3.63, 3.8) is 0 Å². The summed E-state index contributed by atoms with van der Waals surface area (Å²) in [5.41, 5.74) is 1.98. The fourth-order valence-corrected chi connectivity index (χ4v) is 3.48. The van der Waals surface area contributed by atoms with E-state index in [4.69, 9.17) is 4.74 Å². The third-order valence-electron chi connectivity index (χ3n) is 4.96. The lowest BCUT2D eigenvalue weighted by Gasteiger charge is -2.35. The van der Waals surface area contributed by atoms with E-state index in [9.17, 15) is 5.11 Å². The maximum Gasteiger partial charge on any atom is 0.224 e. The summed E-state index contributed by atoms with van der Waals surface area (Å²) in [6.07, 6.45) is 5.49. The van der Waals surface area contributed by atoms with Crippen molar-refractivity contribution >= 4 is 16.9 Å². The summed E-state index contributed by atoms with van der Waals surface area (Å²) in [7, 11) is 3.84. The first-order chi connectivity index (χ1) is 13.6. The molecule has 7 heteroatoms. The lowest BCUT2D eigenvalue weighted by molar-refractivity contribution is -0.0274. The van der Waals surface area contributed by atoms with Crippen LogP contribution in [0, 0.1) is 0 Å². The minimum absolute atomic E-state index is 0.210. The minimum atomic E-state index is -0.541. The molecule has 0 radical (unpaired) electrons. The molecule has 0 amide bonds. The van der Waals surface area contributed by atoms with Gasteiger partial charge in [-0.15, -0.1) is 0 Å². The Hall–Kier alpha value is -2.77. The molecule has 1 aromatic carbocycles. The number of pyridine rings is 1. The average molecular weight is 379 g/mol. The second kappa shape index (κ2) is 8.08. The second-order valence-corrected chi connectivity index (χ2v) is 7.39. The van der Waals surface area contributed by atoms with Crippen molar-refractivity contribution < 1.29 is 9.84 Å². The van der Waals surface area contributed by atoms with E-state index in [1.165, 1.54) is 0 Å². The van der Waals surface area contributed by atoms with E-state index in [0.29, 0.717) is 12.5 Å². The largest absolute Gasteiger partial charge is 0.488 e. The van der Waals surface area contributed by atoms with E-state index in [1.807, 2.05) is 61.7 Å². The van der Waals surface area contributed by atoms with Crippen LogP contribution in [0.2, 0.25) is 0 Å². The van der Waals surface area contributed by atoms with E-state index in [0.717, 1.165) is 41.7 Å². The van der Waals surface area contributed by atoms with Gasteiger partial charge in [0, 0.05) is 63.3 Å². The van der Waals surface area contributed by atoms with Gasteiger partial charge in [-0.05, 0) is 30.7 Å². The quantitative estimate of drug-likeness (QED) is 0.728. The number of β-amino-alcohol motifs (C(OH)–C–C–N with tert-alkyl or cyclic N) is 1. The third kappa shape index (κ3) is 4.21. The summed E-state index contributed by atoms with van der Waals surface area (Å²) >= 11 is 0. The molecule has 7 nitrogen and oxygen atoms in total. The zero-order valence-corrected chi connectivity index (χ0v) is 16.2. The van der Waals surface area contributed by atoms with Gasteiger partial charge in [0.1, 0.15) is 18.0 Å². The molecule has 146 valence electrons. The number of rotatable bonds is 5. The van der Waals surface area contributed by atoms with Gasteiger partial charge in [0.05, 0.1) is 5.52 Å². The molecular formula is C21H25N5O2. The van der Waals surface area contributed by atoms with Crippen molar-refractivity contribution in [3.05, 3.63) is 54.5 Å². The maximum atomic E-state index is 10.6. The first-order valence-corrected chi connectivity index (χ1v) is 9.48. The Balaban J connectivity index is 1.35. The van der Waals surface area contributed by atoms with Crippen LogP contribution in [0.1, 0.15) is 12.0 Å². The standard InChI is InChI=1S/C21H25N5O2/c1-25(2)21-23-11-15(12-24-21)13-26-9-7-20(19(27)14-26)28-17-5-6-18-16(10-17)4-3-8-22-18/h3-6,8,10-12,19-20,27H,7,9,13-14H2,1-2H3/t19-,20-/m1/s1. The van der Waals surface area contributed by atoms with Crippen molar-refractivity contribution in [1.29, 1.82) is 0 Å². The van der Waals surface area contributed by atoms with Crippen molar-refractivity contribution in [2.24, 2.45) is 0 Å². The van der Waals surface area contributed by atoms with E-state index >= 15 is 0 Å². The highest BCUT2D eigenvalue weighted by Crippen LogP contribution is 2.24. The molecule has 1 aliphatic rings. The Morgan fingerprint density at radius 2 is 2.00 bits per heavy atom. The van der Waals surface area contributed by atoms with Crippen LogP contribution in [-0.4, -0.2) is 64.4 Å². The Kier molecular flexibility index (Phi) is 5.36. The molecule has 28 heavy (non-hydrogen) atoms. The predicted octanol–water partition coefficient (Wildman–Crippen LogP) is 2.10. The van der Waals surface area contributed by atoms with Crippen LogP contribution in [0.25, 0.3) is 10.9 Å². The number of anilines is 1. The first kappa shape index (κ1) is 18.6. The zero-order chi connectivity index (χ0) is 19.5. The number of nitrogens with zero attached hydrogens (tertiary/aromatic N) is 5. The summed E-state index contributed by atoms with van der Waals surface area (Å²) in [6, 6.07) is 9.76. The minimum Gasteiger partial charge on any atom is -0.488 e. The summed E-state index contributed by atoms with van der Waals surface area (Å²) in [4.78, 5) is 17.1. The van der Waals surface area contributed by atoms with Crippen LogP contribution < -0.4 is 9.64 Å². The number of aromatic nitrogens is 3. The average Bonchev–Trinajstić information content (AvgIpc) is 2.70. The monoisotopic (exact) mass is 379 g/mol. The molecule has 4 rings (SSSR count). The van der Waals surface area contributed by atoms with Gasteiger partial charge in [0.15, 0.2) is 0 Å². The summed E-state index contributed by atoms with van der Waals surface area (Å²) in [6.45, 7) is 2.14. The lowest BCUT2D eigenvalue weighted by Crippen LogP contribution is -2.48. The first-order valence-electron chi connectivity index (χ1n) is 9.48. The van der Waals surface area contributed by atoms with Gasteiger partial charge in [-0.3, -0.25) is 9.88 Å².